The second kappa shape index (κ2) is 13.4. The Balaban J connectivity index is 1.49. The molecular weight excluding hydrogens is 564 g/mol. The summed E-state index contributed by atoms with van der Waals surface area (Å²) in [6.45, 7) is 6.82. The molecule has 8 nitrogen and oxygen atoms in total. The summed E-state index contributed by atoms with van der Waals surface area (Å²) in [6, 6.07) is 30.3. The maximum Gasteiger partial charge on any atom is 0.288 e. The molecule has 1 aromatic heterocycles. The summed E-state index contributed by atoms with van der Waals surface area (Å²) < 4.78 is 18.9. The number of nitrogen functional groups attached to an aromatic ring is 1. The molecule has 6 rings (SSSR count). The van der Waals surface area contributed by atoms with Crippen LogP contribution in [0.15, 0.2) is 95.5 Å². The second-order valence-corrected chi connectivity index (χ2v) is 11.8. The Kier molecular flexibility index (Phi) is 8.96. The number of rotatable bonds is 10. The number of fused-ring (bicyclic) bond motifs is 1. The normalized spacial score (nSPS) is 13.0. The van der Waals surface area contributed by atoms with Crippen LogP contribution in [0.5, 0.6) is 11.5 Å². The zero-order chi connectivity index (χ0) is 31.3. The summed E-state index contributed by atoms with van der Waals surface area (Å²) in [6.07, 6.45) is 0.912. The first-order chi connectivity index (χ1) is 21.9. The molecule has 4 aromatic carbocycles. The fourth-order valence-electron chi connectivity index (χ4n) is 5.74. The summed E-state index contributed by atoms with van der Waals surface area (Å²) in [5, 5.41) is 4.23. The molecule has 0 unspecified atom stereocenters. The van der Waals surface area contributed by atoms with Crippen LogP contribution in [0.3, 0.4) is 0 Å². The summed E-state index contributed by atoms with van der Waals surface area (Å²) in [5.74, 6) is 6.91. The SMILES string of the molecule is CC(C)c1cc(-c2onc(C(=O)NN)c2-c2ccc3c(c2)CCN(C)C3)c(OCc2ccccc2)cc1OCc1ccccc1. The van der Waals surface area contributed by atoms with Crippen molar-refractivity contribution in [2.75, 3.05) is 13.6 Å². The zero-order valence-electron chi connectivity index (χ0n) is 25.9. The van der Waals surface area contributed by atoms with Gasteiger partial charge in [-0.3, -0.25) is 10.2 Å². The van der Waals surface area contributed by atoms with Gasteiger partial charge in [0.05, 0.1) is 11.1 Å². The van der Waals surface area contributed by atoms with E-state index in [-0.39, 0.29) is 11.6 Å². The zero-order valence-corrected chi connectivity index (χ0v) is 25.9. The maximum atomic E-state index is 13.0. The monoisotopic (exact) mass is 602 g/mol. The molecule has 3 N–H and O–H groups in total. The third-order valence-electron chi connectivity index (χ3n) is 8.19. The minimum absolute atomic E-state index is 0.116. The molecule has 0 saturated carbocycles. The van der Waals surface area contributed by atoms with E-state index in [1.807, 2.05) is 78.9 Å². The van der Waals surface area contributed by atoms with Gasteiger partial charge in [0.25, 0.3) is 5.91 Å². The summed E-state index contributed by atoms with van der Waals surface area (Å²) in [7, 11) is 2.12. The van der Waals surface area contributed by atoms with E-state index >= 15 is 0 Å². The van der Waals surface area contributed by atoms with E-state index in [1.165, 1.54) is 11.1 Å². The number of nitrogens with two attached hydrogens (primary N) is 1. The molecule has 0 bridgehead atoms. The van der Waals surface area contributed by atoms with Crippen LogP contribution in [0, 0.1) is 0 Å². The average molecular weight is 603 g/mol. The van der Waals surface area contributed by atoms with Crippen molar-refractivity contribution in [3.63, 3.8) is 0 Å². The number of carbonyl (C=O) groups is 1. The molecule has 2 heterocycles. The van der Waals surface area contributed by atoms with Crippen LogP contribution in [0.4, 0.5) is 0 Å². The van der Waals surface area contributed by atoms with Gasteiger partial charge in [0.2, 0.25) is 0 Å². The van der Waals surface area contributed by atoms with Gasteiger partial charge in [-0.2, -0.15) is 0 Å². The van der Waals surface area contributed by atoms with Gasteiger partial charge in [0, 0.05) is 19.2 Å². The molecule has 1 aliphatic heterocycles. The lowest BCUT2D eigenvalue weighted by molar-refractivity contribution is 0.0945. The molecule has 5 aromatic rings. The largest absolute Gasteiger partial charge is 0.488 e. The molecule has 0 aliphatic carbocycles. The van der Waals surface area contributed by atoms with Crippen molar-refractivity contribution in [2.45, 2.75) is 45.9 Å². The fraction of sp³-hybridized carbons (Fsp3) is 0.243. The van der Waals surface area contributed by atoms with Crippen LogP contribution in [0.25, 0.3) is 22.5 Å². The van der Waals surface area contributed by atoms with E-state index in [4.69, 9.17) is 19.8 Å². The number of hydrazine groups is 1. The molecular formula is C37H38N4O4. The van der Waals surface area contributed by atoms with E-state index in [2.05, 4.69) is 48.5 Å². The lowest BCUT2D eigenvalue weighted by Gasteiger charge is -2.25. The molecule has 1 aliphatic rings. The maximum absolute atomic E-state index is 13.0. The molecule has 1 amide bonds. The number of benzene rings is 4. The third-order valence-corrected chi connectivity index (χ3v) is 8.19. The molecule has 8 heteroatoms. The van der Waals surface area contributed by atoms with Gasteiger partial charge in [0.1, 0.15) is 24.7 Å². The Morgan fingerprint density at radius 2 is 1.58 bits per heavy atom. The van der Waals surface area contributed by atoms with E-state index < -0.39 is 5.91 Å². The van der Waals surface area contributed by atoms with Gasteiger partial charge in [-0.05, 0) is 58.8 Å². The predicted octanol–water partition coefficient (Wildman–Crippen LogP) is 6.88. The van der Waals surface area contributed by atoms with Gasteiger partial charge in [0.15, 0.2) is 11.5 Å². The summed E-state index contributed by atoms with van der Waals surface area (Å²) >= 11 is 0. The van der Waals surface area contributed by atoms with Crippen molar-refractivity contribution in [2.24, 2.45) is 5.84 Å². The number of nitrogens with zero attached hydrogens (tertiary/aromatic N) is 2. The van der Waals surface area contributed by atoms with Gasteiger partial charge in [-0.1, -0.05) is 97.9 Å². The van der Waals surface area contributed by atoms with Crippen molar-refractivity contribution in [1.29, 1.82) is 0 Å². The van der Waals surface area contributed by atoms with Crippen LogP contribution < -0.4 is 20.7 Å². The fourth-order valence-corrected chi connectivity index (χ4v) is 5.74. The highest BCUT2D eigenvalue weighted by Gasteiger charge is 2.28. The number of hydrogen-bond donors (Lipinski definition) is 2. The van der Waals surface area contributed by atoms with Gasteiger partial charge < -0.3 is 18.9 Å². The standard InChI is InChI=1S/C37H38N4O4/c1-24(2)30-19-31(33(44-23-26-12-8-5-9-13-26)20-32(30)43-22-25-10-6-4-7-11-25)36-34(35(40-45-36)37(42)39-38)28-14-15-29-21-41(3)17-16-27(29)18-28/h4-15,18-20,24H,16-17,21-23,38H2,1-3H3,(H,39,42). The molecule has 230 valence electrons. The predicted molar refractivity (Wildman–Crippen MR) is 175 cm³/mol. The number of likely N-dealkylation sites (N-methyl/N-ethyl adjacent to an activating group) is 1. The number of nitrogens with one attached hydrogen (secondary N) is 1. The molecule has 0 radical (unpaired) electrons. The van der Waals surface area contributed by atoms with Crippen molar-refractivity contribution in [1.82, 2.24) is 15.5 Å². The first kappa shape index (κ1) is 30.1. The molecule has 45 heavy (non-hydrogen) atoms. The highest BCUT2D eigenvalue weighted by molar-refractivity contribution is 6.02. The highest BCUT2D eigenvalue weighted by atomic mass is 16.5. The van der Waals surface area contributed by atoms with E-state index in [1.54, 1.807) is 0 Å². The van der Waals surface area contributed by atoms with E-state index in [9.17, 15) is 4.79 Å². The molecule has 0 saturated heterocycles. The van der Waals surface area contributed by atoms with Crippen LogP contribution in [0.2, 0.25) is 0 Å². The van der Waals surface area contributed by atoms with Gasteiger partial charge >= 0.3 is 0 Å². The van der Waals surface area contributed by atoms with Crippen LogP contribution >= 0.6 is 0 Å². The average Bonchev–Trinajstić information content (AvgIpc) is 3.51. The van der Waals surface area contributed by atoms with Crippen LogP contribution in [-0.2, 0) is 26.2 Å². The van der Waals surface area contributed by atoms with Crippen molar-refractivity contribution in [3.05, 3.63) is 125 Å². The number of hydrogen-bond acceptors (Lipinski definition) is 7. The van der Waals surface area contributed by atoms with Crippen LogP contribution in [-0.4, -0.2) is 29.6 Å². The quantitative estimate of drug-likeness (QED) is 0.102. The molecule has 0 spiro atoms. The Bertz CT molecular complexity index is 1780. The number of aromatic nitrogens is 1. The van der Waals surface area contributed by atoms with Gasteiger partial charge in [-0.15, -0.1) is 0 Å². The number of ether oxygens (including phenoxy) is 2. The first-order valence-electron chi connectivity index (χ1n) is 15.2. The van der Waals surface area contributed by atoms with Crippen molar-refractivity contribution >= 4 is 5.91 Å². The molecule has 0 atom stereocenters. The summed E-state index contributed by atoms with van der Waals surface area (Å²) in [5.41, 5.74) is 10.0. The second-order valence-electron chi connectivity index (χ2n) is 11.8. The first-order valence-corrected chi connectivity index (χ1v) is 15.2. The molecule has 0 fully saturated rings. The Morgan fingerprint density at radius 1 is 0.911 bits per heavy atom. The highest BCUT2D eigenvalue weighted by Crippen LogP contribution is 2.45. The minimum atomic E-state index is -0.531. The summed E-state index contributed by atoms with van der Waals surface area (Å²) in [4.78, 5) is 15.3. The third kappa shape index (κ3) is 6.62. The van der Waals surface area contributed by atoms with Crippen molar-refractivity contribution in [3.8, 4) is 33.9 Å². The Morgan fingerprint density at radius 3 is 2.22 bits per heavy atom. The smallest absolute Gasteiger partial charge is 0.288 e. The Labute approximate surface area is 263 Å². The van der Waals surface area contributed by atoms with E-state index in [0.717, 1.165) is 47.5 Å². The lowest BCUT2D eigenvalue weighted by atomic mass is 9.91. The van der Waals surface area contributed by atoms with E-state index in [0.29, 0.717) is 35.9 Å². The topological polar surface area (TPSA) is 103 Å². The lowest BCUT2D eigenvalue weighted by Crippen LogP contribution is -2.30. The number of carbonyl (C=O) groups excluding carboxylic acids is 1. The van der Waals surface area contributed by atoms with Gasteiger partial charge in [-0.25, -0.2) is 5.84 Å². The van der Waals surface area contributed by atoms with Crippen molar-refractivity contribution < 1.29 is 18.8 Å². The minimum Gasteiger partial charge on any atom is -0.488 e. The number of amides is 1. The van der Waals surface area contributed by atoms with Crippen LogP contribution in [0.1, 0.15) is 58.1 Å². The Hall–Kier alpha value is -4.92.